The van der Waals surface area contributed by atoms with Gasteiger partial charge in [0.1, 0.15) is 11.3 Å². The summed E-state index contributed by atoms with van der Waals surface area (Å²) in [5, 5.41) is 3.45. The second-order valence-corrected chi connectivity index (χ2v) is 6.38. The molecule has 1 saturated heterocycles. The number of carbonyl (C=O) groups excluding carboxylic acids is 2. The molecule has 0 spiro atoms. The van der Waals surface area contributed by atoms with Crippen LogP contribution in [0.25, 0.3) is 0 Å². The number of hydrogen-bond acceptors (Lipinski definition) is 3. The van der Waals surface area contributed by atoms with Crippen molar-refractivity contribution in [2.75, 3.05) is 7.11 Å². The van der Waals surface area contributed by atoms with Crippen LogP contribution in [0.2, 0.25) is 5.02 Å². The number of nitrogens with zero attached hydrogens (tertiary/aromatic N) is 1. The molecule has 1 heterocycles. The normalized spacial score (nSPS) is 19.9. The van der Waals surface area contributed by atoms with E-state index in [4.69, 9.17) is 16.3 Å². The van der Waals surface area contributed by atoms with Crippen molar-refractivity contribution in [2.24, 2.45) is 0 Å². The highest BCUT2D eigenvalue weighted by atomic mass is 35.5. The summed E-state index contributed by atoms with van der Waals surface area (Å²) < 4.78 is 5.20. The molecule has 1 aliphatic rings. The number of hydrogen-bond donors (Lipinski definition) is 1. The van der Waals surface area contributed by atoms with Gasteiger partial charge in [-0.05, 0) is 41.8 Å². The van der Waals surface area contributed by atoms with Crippen molar-refractivity contribution in [1.29, 1.82) is 0 Å². The second kappa shape index (κ2) is 6.76. The van der Waals surface area contributed by atoms with E-state index in [1.807, 2.05) is 31.2 Å². The van der Waals surface area contributed by atoms with E-state index >= 15 is 0 Å². The molecule has 2 aromatic rings. The number of carbonyl (C=O) groups is 2. The lowest BCUT2D eigenvalue weighted by Crippen LogP contribution is -2.43. The maximum Gasteiger partial charge on any atom is 0.325 e. The van der Waals surface area contributed by atoms with E-state index in [-0.39, 0.29) is 12.5 Å². The quantitative estimate of drug-likeness (QED) is 0.829. The van der Waals surface area contributed by atoms with Crippen LogP contribution in [-0.4, -0.2) is 23.9 Å². The molecule has 2 aromatic carbocycles. The summed E-state index contributed by atoms with van der Waals surface area (Å²) in [5.74, 6) is 0.425. The molecule has 6 heteroatoms. The molecule has 130 valence electrons. The topological polar surface area (TPSA) is 58.6 Å². The number of methoxy groups -OCH3 is 1. The van der Waals surface area contributed by atoms with E-state index in [0.717, 1.165) is 11.1 Å². The van der Waals surface area contributed by atoms with E-state index in [9.17, 15) is 9.59 Å². The van der Waals surface area contributed by atoms with Crippen molar-refractivity contribution >= 4 is 23.5 Å². The lowest BCUT2D eigenvalue weighted by Gasteiger charge is -2.26. The maximum atomic E-state index is 13.1. The number of nitrogens with one attached hydrogen (secondary N) is 1. The van der Waals surface area contributed by atoms with Gasteiger partial charge in [0.15, 0.2) is 0 Å². The van der Waals surface area contributed by atoms with Crippen molar-refractivity contribution in [3.8, 4) is 5.75 Å². The van der Waals surface area contributed by atoms with Gasteiger partial charge in [0.05, 0.1) is 13.7 Å². The third-order valence-electron chi connectivity index (χ3n) is 4.52. The zero-order valence-electron chi connectivity index (χ0n) is 14.1. The minimum atomic E-state index is -1.06. The summed E-state index contributed by atoms with van der Waals surface area (Å²) in [6.45, 7) is 2.07. The molecule has 3 amide bonds. The predicted octanol–water partition coefficient (Wildman–Crippen LogP) is 3.71. The first-order valence-electron chi connectivity index (χ1n) is 8.03. The number of halogens is 1. The molecule has 0 radical (unpaired) electrons. The van der Waals surface area contributed by atoms with E-state index in [1.54, 1.807) is 31.4 Å². The molecule has 0 aromatic heterocycles. The highest BCUT2D eigenvalue weighted by Crippen LogP contribution is 2.34. The summed E-state index contributed by atoms with van der Waals surface area (Å²) in [4.78, 5) is 26.8. The lowest BCUT2D eigenvalue weighted by atomic mass is 9.87. The van der Waals surface area contributed by atoms with E-state index < -0.39 is 11.6 Å². The van der Waals surface area contributed by atoms with Crippen LogP contribution in [0.3, 0.4) is 0 Å². The van der Waals surface area contributed by atoms with Gasteiger partial charge in [-0.15, -0.1) is 0 Å². The van der Waals surface area contributed by atoms with Gasteiger partial charge >= 0.3 is 6.03 Å². The first-order chi connectivity index (χ1) is 12.0. The molecule has 1 atom stereocenters. The molecule has 1 fully saturated rings. The van der Waals surface area contributed by atoms with Crippen LogP contribution < -0.4 is 10.1 Å². The molecule has 0 saturated carbocycles. The maximum absolute atomic E-state index is 13.1. The number of benzene rings is 2. The van der Waals surface area contributed by atoms with Gasteiger partial charge < -0.3 is 10.1 Å². The molecule has 5 nitrogen and oxygen atoms in total. The zero-order chi connectivity index (χ0) is 18.0. The molecule has 1 N–H and O–H groups in total. The van der Waals surface area contributed by atoms with Gasteiger partial charge in [-0.3, -0.25) is 9.69 Å². The predicted molar refractivity (Wildman–Crippen MR) is 95.5 cm³/mol. The number of amides is 3. The zero-order valence-corrected chi connectivity index (χ0v) is 14.8. The molecule has 1 aliphatic heterocycles. The minimum Gasteiger partial charge on any atom is -0.497 e. The van der Waals surface area contributed by atoms with Crippen molar-refractivity contribution < 1.29 is 14.3 Å². The van der Waals surface area contributed by atoms with Crippen LogP contribution in [-0.2, 0) is 16.9 Å². The third kappa shape index (κ3) is 3.07. The average Bonchev–Trinajstić information content (AvgIpc) is 2.87. The van der Waals surface area contributed by atoms with Crippen LogP contribution in [0.15, 0.2) is 48.5 Å². The molecule has 25 heavy (non-hydrogen) atoms. The monoisotopic (exact) mass is 358 g/mol. The summed E-state index contributed by atoms with van der Waals surface area (Å²) in [6.07, 6.45) is 0.452. The van der Waals surface area contributed by atoms with Gasteiger partial charge in [0, 0.05) is 5.02 Å². The van der Waals surface area contributed by atoms with E-state index in [1.165, 1.54) is 4.90 Å². The number of rotatable bonds is 5. The van der Waals surface area contributed by atoms with Crippen molar-refractivity contribution in [3.05, 3.63) is 64.7 Å². The van der Waals surface area contributed by atoms with Crippen LogP contribution in [0.1, 0.15) is 24.5 Å². The molecule has 0 aliphatic carbocycles. The lowest BCUT2D eigenvalue weighted by molar-refractivity contribution is -0.132. The first kappa shape index (κ1) is 17.3. The highest BCUT2D eigenvalue weighted by Gasteiger charge is 2.51. The number of ether oxygens (including phenoxy) is 1. The van der Waals surface area contributed by atoms with Gasteiger partial charge in [0.25, 0.3) is 5.91 Å². The van der Waals surface area contributed by atoms with Crippen LogP contribution in [0.4, 0.5) is 4.79 Å². The van der Waals surface area contributed by atoms with Crippen LogP contribution in [0.5, 0.6) is 5.75 Å². The summed E-state index contributed by atoms with van der Waals surface area (Å²) >= 11 is 5.94. The smallest absolute Gasteiger partial charge is 0.325 e. The van der Waals surface area contributed by atoms with Gasteiger partial charge in [0.2, 0.25) is 0 Å². The highest BCUT2D eigenvalue weighted by molar-refractivity contribution is 6.30. The standard InChI is InChI=1S/C19H19ClN2O3/c1-3-19(14-7-9-15(20)10-8-14)17(23)22(18(24)21-19)12-13-5-4-6-16(11-13)25-2/h4-11H,3,12H2,1-2H3,(H,21,24). The fourth-order valence-corrected chi connectivity index (χ4v) is 3.22. The Morgan fingerprint density at radius 3 is 2.52 bits per heavy atom. The average molecular weight is 359 g/mol. The number of urea groups is 1. The van der Waals surface area contributed by atoms with Gasteiger partial charge in [-0.1, -0.05) is 42.8 Å². The van der Waals surface area contributed by atoms with Crippen molar-refractivity contribution in [1.82, 2.24) is 10.2 Å². The molecule has 1 unspecified atom stereocenters. The SMILES string of the molecule is CCC1(c2ccc(Cl)cc2)NC(=O)N(Cc2cccc(OC)c2)C1=O. The Labute approximate surface area is 151 Å². The van der Waals surface area contributed by atoms with Crippen molar-refractivity contribution in [2.45, 2.75) is 25.4 Å². The first-order valence-corrected chi connectivity index (χ1v) is 8.41. The fraction of sp³-hybridized carbons (Fsp3) is 0.263. The Hall–Kier alpha value is -2.53. The second-order valence-electron chi connectivity index (χ2n) is 5.94. The van der Waals surface area contributed by atoms with E-state index in [0.29, 0.717) is 17.2 Å². The molecule has 3 rings (SSSR count). The Morgan fingerprint density at radius 2 is 1.88 bits per heavy atom. The Bertz CT molecular complexity index is 807. The summed E-state index contributed by atoms with van der Waals surface area (Å²) in [5.41, 5.74) is 0.498. The minimum absolute atomic E-state index is 0.192. The Kier molecular flexibility index (Phi) is 4.68. The van der Waals surface area contributed by atoms with Crippen molar-refractivity contribution in [3.63, 3.8) is 0 Å². The Morgan fingerprint density at radius 1 is 1.16 bits per heavy atom. The largest absolute Gasteiger partial charge is 0.497 e. The van der Waals surface area contributed by atoms with E-state index in [2.05, 4.69) is 5.32 Å². The summed E-state index contributed by atoms with van der Waals surface area (Å²) in [7, 11) is 1.58. The Balaban J connectivity index is 1.91. The molecular weight excluding hydrogens is 340 g/mol. The fourth-order valence-electron chi connectivity index (χ4n) is 3.10. The third-order valence-corrected chi connectivity index (χ3v) is 4.77. The summed E-state index contributed by atoms with van der Waals surface area (Å²) in [6, 6.07) is 13.9. The molecule has 0 bridgehead atoms. The van der Waals surface area contributed by atoms with Gasteiger partial charge in [-0.2, -0.15) is 0 Å². The van der Waals surface area contributed by atoms with Crippen LogP contribution in [0, 0.1) is 0 Å². The number of imide groups is 1. The van der Waals surface area contributed by atoms with Gasteiger partial charge in [-0.25, -0.2) is 4.79 Å². The molecular formula is C19H19ClN2O3. The van der Waals surface area contributed by atoms with Crippen LogP contribution >= 0.6 is 11.6 Å².